The number of nitrogens with one attached hydrogen (secondary N) is 2. The molecule has 0 fully saturated rings. The Kier molecular flexibility index (Phi) is 7.26. The number of halogens is 3. The van der Waals surface area contributed by atoms with E-state index in [9.17, 15) is 14.0 Å². The van der Waals surface area contributed by atoms with E-state index < -0.39 is 17.6 Å². The van der Waals surface area contributed by atoms with Crippen LogP contribution in [0.4, 0.5) is 4.39 Å². The predicted octanol–water partition coefficient (Wildman–Crippen LogP) is 4.75. The number of benzene rings is 3. The lowest BCUT2D eigenvalue weighted by Gasteiger charge is -2.10. The van der Waals surface area contributed by atoms with Gasteiger partial charge >= 0.3 is 0 Å². The second-order valence-electron chi connectivity index (χ2n) is 7.33. The third-order valence-electron chi connectivity index (χ3n) is 4.98. The second-order valence-corrected chi connectivity index (χ2v) is 8.17. The van der Waals surface area contributed by atoms with Gasteiger partial charge in [0, 0.05) is 22.3 Å². The van der Waals surface area contributed by atoms with E-state index in [0.29, 0.717) is 21.8 Å². The maximum Gasteiger partial charge on any atom is 0.281 e. The molecular formula is C25H18Cl2FN5O2. The summed E-state index contributed by atoms with van der Waals surface area (Å²) in [4.78, 5) is 25.4. The van der Waals surface area contributed by atoms with Crippen LogP contribution in [0, 0.1) is 5.82 Å². The maximum absolute atomic E-state index is 13.5. The van der Waals surface area contributed by atoms with E-state index in [4.69, 9.17) is 29.0 Å². The Bertz CT molecular complexity index is 1420. The number of carbonyl (C=O) groups is 2. The van der Waals surface area contributed by atoms with Crippen molar-refractivity contribution in [2.75, 3.05) is 0 Å². The summed E-state index contributed by atoms with van der Waals surface area (Å²) in [5.41, 5.74) is 4.27. The Morgan fingerprint density at radius 3 is 2.37 bits per heavy atom. The maximum atomic E-state index is 13.5. The van der Waals surface area contributed by atoms with E-state index in [1.807, 2.05) is 35.8 Å². The molecule has 4 aromatic rings. The first-order chi connectivity index (χ1) is 16.9. The number of aromatic nitrogens is 2. The Balaban J connectivity index is 1.79. The van der Waals surface area contributed by atoms with Crippen molar-refractivity contribution in [2.24, 2.45) is 5.84 Å². The van der Waals surface area contributed by atoms with Gasteiger partial charge in [0.15, 0.2) is 0 Å². The van der Waals surface area contributed by atoms with Crippen molar-refractivity contribution in [2.45, 2.75) is 0 Å². The minimum Gasteiger partial charge on any atom is -0.317 e. The zero-order chi connectivity index (χ0) is 24.9. The van der Waals surface area contributed by atoms with Crippen molar-refractivity contribution >= 4 is 41.1 Å². The van der Waals surface area contributed by atoms with Crippen LogP contribution in [0.3, 0.4) is 0 Å². The molecule has 7 nitrogen and oxygen atoms in total. The first kappa shape index (κ1) is 24.2. The van der Waals surface area contributed by atoms with Gasteiger partial charge in [-0.05, 0) is 60.7 Å². The number of nitrogens with zero attached hydrogens (tertiary/aromatic N) is 2. The molecule has 1 heterocycles. The summed E-state index contributed by atoms with van der Waals surface area (Å²) in [6.07, 6.45) is 3.11. The van der Waals surface area contributed by atoms with Crippen LogP contribution in [0.1, 0.15) is 15.9 Å². The molecule has 1 aromatic heterocycles. The van der Waals surface area contributed by atoms with Crippen LogP contribution >= 0.6 is 23.2 Å². The van der Waals surface area contributed by atoms with Crippen molar-refractivity contribution in [1.29, 1.82) is 0 Å². The molecule has 3 aromatic carbocycles. The molecule has 4 N–H and O–H groups in total. The average molecular weight is 510 g/mol. The number of hydrazine groups is 1. The summed E-state index contributed by atoms with van der Waals surface area (Å²) < 4.78 is 15.1. The van der Waals surface area contributed by atoms with Crippen molar-refractivity contribution in [3.8, 4) is 16.9 Å². The minimum absolute atomic E-state index is 0.116. The van der Waals surface area contributed by atoms with Gasteiger partial charge in [0.25, 0.3) is 11.8 Å². The van der Waals surface area contributed by atoms with Crippen molar-refractivity contribution in [1.82, 2.24) is 20.5 Å². The van der Waals surface area contributed by atoms with Gasteiger partial charge in [0.1, 0.15) is 17.2 Å². The van der Waals surface area contributed by atoms with Crippen LogP contribution in [0.2, 0.25) is 10.0 Å². The molecular weight excluding hydrogens is 492 g/mol. The smallest absolute Gasteiger partial charge is 0.281 e. The summed E-state index contributed by atoms with van der Waals surface area (Å²) in [5.74, 6) is 3.57. The third-order valence-corrected chi connectivity index (χ3v) is 5.53. The molecule has 2 amide bonds. The van der Waals surface area contributed by atoms with Gasteiger partial charge in [-0.15, -0.1) is 0 Å². The lowest BCUT2D eigenvalue weighted by Crippen LogP contribution is -2.38. The van der Waals surface area contributed by atoms with Crippen molar-refractivity contribution < 1.29 is 14.0 Å². The summed E-state index contributed by atoms with van der Waals surface area (Å²) in [7, 11) is 0. The fourth-order valence-electron chi connectivity index (χ4n) is 3.29. The summed E-state index contributed by atoms with van der Waals surface area (Å²) >= 11 is 12.0. The van der Waals surface area contributed by atoms with Gasteiger partial charge < -0.3 is 5.32 Å². The van der Waals surface area contributed by atoms with Gasteiger partial charge in [-0.25, -0.2) is 14.9 Å². The first-order valence-electron chi connectivity index (χ1n) is 10.3. The molecule has 0 radical (unpaired) electrons. The van der Waals surface area contributed by atoms with Crippen molar-refractivity contribution in [3.05, 3.63) is 112 Å². The van der Waals surface area contributed by atoms with E-state index in [0.717, 1.165) is 5.69 Å². The number of hydrogen-bond acceptors (Lipinski definition) is 4. The SMILES string of the molecule is NNC(=O)/C(=C\c1cn(-c2ccccc2)nc1-c1ccc(F)cc1)NC(=O)c1ccc(Cl)cc1Cl. The lowest BCUT2D eigenvalue weighted by molar-refractivity contribution is -0.117. The van der Waals surface area contributed by atoms with Crippen LogP contribution in [0.25, 0.3) is 23.0 Å². The molecule has 0 aliphatic carbocycles. The molecule has 35 heavy (non-hydrogen) atoms. The standard InChI is InChI=1S/C25H18Cl2FN5O2/c26-17-8-11-20(21(27)13-17)24(34)30-22(25(35)31-29)12-16-14-33(19-4-2-1-3-5-19)32-23(16)15-6-9-18(28)10-7-15/h1-14H,29H2,(H,30,34)(H,31,35)/b22-12+. The van der Waals surface area contributed by atoms with Crippen molar-refractivity contribution in [3.63, 3.8) is 0 Å². The first-order valence-corrected chi connectivity index (χ1v) is 11.0. The minimum atomic E-state index is -0.749. The number of amides is 2. The number of hydrogen-bond donors (Lipinski definition) is 3. The van der Waals surface area contributed by atoms with E-state index in [1.54, 1.807) is 23.0 Å². The molecule has 176 valence electrons. The Hall–Kier alpha value is -3.98. The predicted molar refractivity (Wildman–Crippen MR) is 133 cm³/mol. The molecule has 0 atom stereocenters. The van der Waals surface area contributed by atoms with E-state index in [2.05, 4.69) is 10.4 Å². The van der Waals surface area contributed by atoms with Gasteiger partial charge in [0.2, 0.25) is 0 Å². The van der Waals surface area contributed by atoms with Crippen LogP contribution in [0.5, 0.6) is 0 Å². The fourth-order valence-corrected chi connectivity index (χ4v) is 3.79. The molecule has 4 rings (SSSR count). The lowest BCUT2D eigenvalue weighted by atomic mass is 10.1. The van der Waals surface area contributed by atoms with Crippen LogP contribution < -0.4 is 16.6 Å². The zero-order valence-electron chi connectivity index (χ0n) is 18.0. The topological polar surface area (TPSA) is 102 Å². The molecule has 0 saturated carbocycles. The number of nitrogens with two attached hydrogens (primary N) is 1. The molecule has 0 spiro atoms. The largest absolute Gasteiger partial charge is 0.317 e. The van der Waals surface area contributed by atoms with E-state index in [-0.39, 0.29) is 16.3 Å². The van der Waals surface area contributed by atoms with Gasteiger partial charge in [-0.3, -0.25) is 15.0 Å². The number of para-hydroxylation sites is 1. The second kappa shape index (κ2) is 10.5. The average Bonchev–Trinajstić information content (AvgIpc) is 3.28. The summed E-state index contributed by atoms with van der Waals surface area (Å²) in [6.45, 7) is 0. The Morgan fingerprint density at radius 1 is 1.00 bits per heavy atom. The van der Waals surface area contributed by atoms with Crippen LogP contribution in [-0.2, 0) is 4.79 Å². The van der Waals surface area contributed by atoms with E-state index >= 15 is 0 Å². The fraction of sp³-hybridized carbons (Fsp3) is 0. The highest BCUT2D eigenvalue weighted by Crippen LogP contribution is 2.26. The van der Waals surface area contributed by atoms with E-state index in [1.165, 1.54) is 36.4 Å². The molecule has 0 aliphatic rings. The van der Waals surface area contributed by atoms with Gasteiger partial charge in [-0.2, -0.15) is 5.10 Å². The summed E-state index contributed by atoms with van der Waals surface area (Å²) in [5, 5.41) is 7.63. The monoisotopic (exact) mass is 509 g/mol. The molecule has 0 bridgehead atoms. The zero-order valence-corrected chi connectivity index (χ0v) is 19.5. The van der Waals surface area contributed by atoms with Crippen LogP contribution in [0.15, 0.2) is 84.7 Å². The molecule has 0 aliphatic heterocycles. The molecule has 0 saturated heterocycles. The van der Waals surface area contributed by atoms with Gasteiger partial charge in [-0.1, -0.05) is 41.4 Å². The third kappa shape index (κ3) is 5.58. The molecule has 10 heteroatoms. The van der Waals surface area contributed by atoms with Gasteiger partial charge in [0.05, 0.1) is 16.3 Å². The highest BCUT2D eigenvalue weighted by Gasteiger charge is 2.19. The Morgan fingerprint density at radius 2 is 1.71 bits per heavy atom. The molecule has 0 unspecified atom stereocenters. The highest BCUT2D eigenvalue weighted by molar-refractivity contribution is 6.36. The normalized spacial score (nSPS) is 11.3. The summed E-state index contributed by atoms with van der Waals surface area (Å²) in [6, 6.07) is 19.4. The number of carbonyl (C=O) groups excluding carboxylic acids is 2. The quantitative estimate of drug-likeness (QED) is 0.151. The Labute approximate surface area is 209 Å². The highest BCUT2D eigenvalue weighted by atomic mass is 35.5. The number of rotatable bonds is 6. The van der Waals surface area contributed by atoms with Crippen LogP contribution in [-0.4, -0.2) is 21.6 Å².